The number of aromatic nitrogens is 2. The number of hydrogen-bond acceptors (Lipinski definition) is 6. The van der Waals surface area contributed by atoms with E-state index in [4.69, 9.17) is 9.47 Å². The summed E-state index contributed by atoms with van der Waals surface area (Å²) in [7, 11) is 1.34. The third-order valence-corrected chi connectivity index (χ3v) is 4.10. The number of benzene rings is 1. The van der Waals surface area contributed by atoms with Gasteiger partial charge in [0.15, 0.2) is 17.1 Å². The standard InChI is InChI=1S/C19H20N4O5/c1-3-28-17-5-4-10-22-12-14(21-18(17)22)8-9-20-19(24)13-6-7-16(27-2)15(11-13)23(25)26/h4-7,10-12H,3,8-9H2,1-2H3,(H,20,24). The Morgan fingerprint density at radius 2 is 2.14 bits per heavy atom. The largest absolute Gasteiger partial charge is 0.490 e. The number of carbonyl (C=O) groups excluding carboxylic acids is 1. The molecule has 1 amide bonds. The summed E-state index contributed by atoms with van der Waals surface area (Å²) in [5.41, 5.74) is 1.46. The smallest absolute Gasteiger partial charge is 0.311 e. The summed E-state index contributed by atoms with van der Waals surface area (Å²) in [6.45, 7) is 2.80. The molecule has 0 aliphatic carbocycles. The number of carbonyl (C=O) groups is 1. The third kappa shape index (κ3) is 4.03. The first-order chi connectivity index (χ1) is 13.5. The molecule has 2 aromatic heterocycles. The Bertz CT molecular complexity index is 1010. The van der Waals surface area contributed by atoms with E-state index in [0.29, 0.717) is 25.3 Å². The van der Waals surface area contributed by atoms with E-state index in [1.165, 1.54) is 25.3 Å². The van der Waals surface area contributed by atoms with Crippen LogP contribution in [0.2, 0.25) is 0 Å². The number of nitro groups is 1. The molecule has 0 radical (unpaired) electrons. The third-order valence-electron chi connectivity index (χ3n) is 4.10. The van der Waals surface area contributed by atoms with Crippen LogP contribution in [0.4, 0.5) is 5.69 Å². The molecular formula is C19H20N4O5. The molecular weight excluding hydrogens is 364 g/mol. The second kappa shape index (κ2) is 8.38. The summed E-state index contributed by atoms with van der Waals surface area (Å²) in [6, 6.07) is 7.83. The Morgan fingerprint density at radius 3 is 2.86 bits per heavy atom. The van der Waals surface area contributed by atoms with Crippen LogP contribution >= 0.6 is 0 Å². The van der Waals surface area contributed by atoms with Crippen molar-refractivity contribution in [2.75, 3.05) is 20.3 Å². The molecule has 0 aliphatic rings. The lowest BCUT2D eigenvalue weighted by Gasteiger charge is -2.06. The van der Waals surface area contributed by atoms with Gasteiger partial charge in [0.2, 0.25) is 0 Å². The van der Waals surface area contributed by atoms with Gasteiger partial charge in [0.1, 0.15) is 0 Å². The van der Waals surface area contributed by atoms with E-state index in [9.17, 15) is 14.9 Å². The van der Waals surface area contributed by atoms with Gasteiger partial charge in [-0.05, 0) is 31.2 Å². The summed E-state index contributed by atoms with van der Waals surface area (Å²) >= 11 is 0. The number of fused-ring (bicyclic) bond motifs is 1. The predicted octanol–water partition coefficient (Wildman–Crippen LogP) is 2.62. The molecule has 9 nitrogen and oxygen atoms in total. The van der Waals surface area contributed by atoms with Crippen molar-refractivity contribution in [2.45, 2.75) is 13.3 Å². The number of hydrogen-bond donors (Lipinski definition) is 1. The fourth-order valence-corrected chi connectivity index (χ4v) is 2.81. The molecule has 1 N–H and O–H groups in total. The highest BCUT2D eigenvalue weighted by molar-refractivity contribution is 5.95. The summed E-state index contributed by atoms with van der Waals surface area (Å²) in [6.07, 6.45) is 4.27. The lowest BCUT2D eigenvalue weighted by atomic mass is 10.1. The predicted molar refractivity (Wildman–Crippen MR) is 102 cm³/mol. The van der Waals surface area contributed by atoms with Crippen LogP contribution in [0.15, 0.2) is 42.7 Å². The van der Waals surface area contributed by atoms with Crippen molar-refractivity contribution in [2.24, 2.45) is 0 Å². The molecule has 0 unspecified atom stereocenters. The van der Waals surface area contributed by atoms with Gasteiger partial charge in [-0.2, -0.15) is 0 Å². The minimum atomic E-state index is -0.581. The number of nitrogens with one attached hydrogen (secondary N) is 1. The molecule has 3 rings (SSSR count). The summed E-state index contributed by atoms with van der Waals surface area (Å²) in [5.74, 6) is 0.409. The molecule has 0 saturated heterocycles. The lowest BCUT2D eigenvalue weighted by molar-refractivity contribution is -0.385. The number of pyridine rings is 1. The highest BCUT2D eigenvalue weighted by Crippen LogP contribution is 2.27. The van der Waals surface area contributed by atoms with Crippen molar-refractivity contribution < 1.29 is 19.2 Å². The van der Waals surface area contributed by atoms with Gasteiger partial charge in [-0.3, -0.25) is 14.9 Å². The number of ether oxygens (including phenoxy) is 2. The fraction of sp³-hybridized carbons (Fsp3) is 0.263. The maximum absolute atomic E-state index is 12.3. The van der Waals surface area contributed by atoms with E-state index in [1.54, 1.807) is 0 Å². The highest BCUT2D eigenvalue weighted by Gasteiger charge is 2.18. The van der Waals surface area contributed by atoms with E-state index in [1.807, 2.05) is 35.9 Å². The van der Waals surface area contributed by atoms with E-state index in [-0.39, 0.29) is 17.0 Å². The molecule has 0 bridgehead atoms. The fourth-order valence-electron chi connectivity index (χ4n) is 2.81. The van der Waals surface area contributed by atoms with Crippen molar-refractivity contribution in [1.29, 1.82) is 0 Å². The Kier molecular flexibility index (Phi) is 5.73. The van der Waals surface area contributed by atoms with Crippen LogP contribution in [0, 0.1) is 10.1 Å². The number of nitro benzene ring substituents is 1. The topological polar surface area (TPSA) is 108 Å². The first kappa shape index (κ1) is 19.2. The molecule has 0 fully saturated rings. The number of rotatable bonds is 8. The maximum atomic E-state index is 12.3. The molecule has 0 atom stereocenters. The Balaban J connectivity index is 1.66. The Hall–Kier alpha value is -3.62. The van der Waals surface area contributed by atoms with E-state index >= 15 is 0 Å². The van der Waals surface area contributed by atoms with Crippen LogP contribution < -0.4 is 14.8 Å². The summed E-state index contributed by atoms with van der Waals surface area (Å²) in [5, 5.41) is 13.8. The van der Waals surface area contributed by atoms with Gasteiger partial charge in [0.05, 0.1) is 24.3 Å². The normalized spacial score (nSPS) is 10.6. The van der Waals surface area contributed by atoms with Crippen LogP contribution in [0.1, 0.15) is 23.0 Å². The number of methoxy groups -OCH3 is 1. The van der Waals surface area contributed by atoms with E-state index in [2.05, 4.69) is 10.3 Å². The van der Waals surface area contributed by atoms with Gasteiger partial charge in [-0.25, -0.2) is 4.98 Å². The number of nitrogens with zero attached hydrogens (tertiary/aromatic N) is 3. The molecule has 0 spiro atoms. The zero-order valence-electron chi connectivity index (χ0n) is 15.5. The molecule has 28 heavy (non-hydrogen) atoms. The van der Waals surface area contributed by atoms with Crippen molar-refractivity contribution in [1.82, 2.24) is 14.7 Å². The summed E-state index contributed by atoms with van der Waals surface area (Å²) < 4.78 is 12.4. The van der Waals surface area contributed by atoms with Gasteiger partial charge in [-0.1, -0.05) is 0 Å². The highest BCUT2D eigenvalue weighted by atomic mass is 16.6. The van der Waals surface area contributed by atoms with Crippen LogP contribution in [0.25, 0.3) is 5.65 Å². The van der Waals surface area contributed by atoms with Gasteiger partial charge in [0.25, 0.3) is 5.91 Å². The first-order valence-electron chi connectivity index (χ1n) is 8.73. The van der Waals surface area contributed by atoms with Gasteiger partial charge in [-0.15, -0.1) is 0 Å². The Morgan fingerprint density at radius 1 is 1.32 bits per heavy atom. The lowest BCUT2D eigenvalue weighted by Crippen LogP contribution is -2.25. The molecule has 0 aliphatic heterocycles. The quantitative estimate of drug-likeness (QED) is 0.472. The van der Waals surface area contributed by atoms with Crippen molar-refractivity contribution >= 4 is 17.2 Å². The average Bonchev–Trinajstić information content (AvgIpc) is 3.11. The molecule has 3 aromatic rings. The van der Waals surface area contributed by atoms with Gasteiger partial charge in [0, 0.05) is 37.0 Å². The molecule has 2 heterocycles. The zero-order valence-corrected chi connectivity index (χ0v) is 15.5. The molecule has 146 valence electrons. The second-order valence-electron chi connectivity index (χ2n) is 5.92. The summed E-state index contributed by atoms with van der Waals surface area (Å²) in [4.78, 5) is 27.3. The molecule has 9 heteroatoms. The van der Waals surface area contributed by atoms with Crippen LogP contribution in [0.3, 0.4) is 0 Å². The first-order valence-corrected chi connectivity index (χ1v) is 8.73. The van der Waals surface area contributed by atoms with Crippen LogP contribution in [-0.2, 0) is 6.42 Å². The maximum Gasteiger partial charge on any atom is 0.311 e. The average molecular weight is 384 g/mol. The minimum Gasteiger partial charge on any atom is -0.490 e. The minimum absolute atomic E-state index is 0.108. The van der Waals surface area contributed by atoms with Gasteiger partial charge >= 0.3 is 5.69 Å². The monoisotopic (exact) mass is 384 g/mol. The van der Waals surface area contributed by atoms with E-state index in [0.717, 1.165) is 11.3 Å². The van der Waals surface area contributed by atoms with Crippen molar-refractivity contribution in [3.8, 4) is 11.5 Å². The van der Waals surface area contributed by atoms with Crippen molar-refractivity contribution in [3.63, 3.8) is 0 Å². The molecule has 1 aromatic carbocycles. The molecule has 0 saturated carbocycles. The van der Waals surface area contributed by atoms with Crippen LogP contribution in [-0.4, -0.2) is 40.5 Å². The number of amides is 1. The zero-order chi connectivity index (χ0) is 20.1. The van der Waals surface area contributed by atoms with Crippen LogP contribution in [0.5, 0.6) is 11.5 Å². The second-order valence-corrected chi connectivity index (χ2v) is 5.92. The number of imidazole rings is 1. The van der Waals surface area contributed by atoms with Crippen molar-refractivity contribution in [3.05, 3.63) is 64.1 Å². The van der Waals surface area contributed by atoms with Gasteiger partial charge < -0.3 is 19.2 Å². The Labute approximate surface area is 161 Å². The van der Waals surface area contributed by atoms with E-state index < -0.39 is 10.8 Å². The SMILES string of the molecule is CCOc1cccn2cc(CCNC(=O)c3ccc(OC)c([N+](=O)[O-])c3)nc12.